The lowest BCUT2D eigenvalue weighted by Crippen LogP contribution is -2.29. The maximum Gasteiger partial charge on any atom is 0.358 e. The Hall–Kier alpha value is -1.92. The second-order valence-electron chi connectivity index (χ2n) is 4.32. The lowest BCUT2D eigenvalue weighted by molar-refractivity contribution is -0.127. The van der Waals surface area contributed by atoms with Crippen molar-refractivity contribution in [3.63, 3.8) is 0 Å². The predicted octanol–water partition coefficient (Wildman–Crippen LogP) is -0.155. The summed E-state index contributed by atoms with van der Waals surface area (Å²) >= 11 is 0. The molecule has 0 saturated carbocycles. The van der Waals surface area contributed by atoms with Crippen molar-refractivity contribution in [3.8, 4) is 0 Å². The van der Waals surface area contributed by atoms with Gasteiger partial charge in [-0.25, -0.2) is 9.48 Å². The summed E-state index contributed by atoms with van der Waals surface area (Å²) in [5, 5.41) is 15.9. The molecule has 2 heterocycles. The van der Waals surface area contributed by atoms with Gasteiger partial charge in [0, 0.05) is 19.5 Å². The van der Waals surface area contributed by atoms with Gasteiger partial charge in [-0.3, -0.25) is 4.79 Å². The first-order chi connectivity index (χ1) is 8.06. The van der Waals surface area contributed by atoms with Crippen LogP contribution in [0.3, 0.4) is 0 Å². The molecule has 1 unspecified atom stereocenters. The smallest absolute Gasteiger partial charge is 0.358 e. The molecule has 1 aliphatic rings. The molecule has 92 valence electrons. The summed E-state index contributed by atoms with van der Waals surface area (Å²) in [5.74, 6) is -0.550. The minimum atomic E-state index is -1.10. The van der Waals surface area contributed by atoms with E-state index in [9.17, 15) is 9.59 Å². The first-order valence-corrected chi connectivity index (χ1v) is 5.47. The Kier molecular flexibility index (Phi) is 3.08. The molecule has 17 heavy (non-hydrogen) atoms. The highest BCUT2D eigenvalue weighted by atomic mass is 16.4. The molecule has 1 amide bonds. The number of carbonyl (C=O) groups is 2. The number of rotatable bonds is 4. The lowest BCUT2D eigenvalue weighted by Gasteiger charge is -2.15. The molecular formula is C10H14N4O3. The third-order valence-corrected chi connectivity index (χ3v) is 2.76. The number of aromatic carboxylic acids is 1. The second-order valence-corrected chi connectivity index (χ2v) is 4.32. The van der Waals surface area contributed by atoms with Crippen LogP contribution in [0.5, 0.6) is 0 Å². The standard InChI is InChI=1S/C10H14N4O3/c1-7-4-9(15)13(5-7)2-3-14-6-8(10(16)17)11-12-14/h6-7H,2-5H2,1H3,(H,16,17). The van der Waals surface area contributed by atoms with Crippen LogP contribution in [0.15, 0.2) is 6.20 Å². The van der Waals surface area contributed by atoms with Gasteiger partial charge in [0.1, 0.15) is 0 Å². The van der Waals surface area contributed by atoms with Gasteiger partial charge in [-0.2, -0.15) is 0 Å². The average Bonchev–Trinajstić information content (AvgIpc) is 2.82. The molecule has 1 aromatic heterocycles. The molecule has 0 radical (unpaired) electrons. The Morgan fingerprint density at radius 3 is 2.88 bits per heavy atom. The van der Waals surface area contributed by atoms with Crippen LogP contribution in [0.4, 0.5) is 0 Å². The molecule has 0 spiro atoms. The molecule has 0 aromatic carbocycles. The summed E-state index contributed by atoms with van der Waals surface area (Å²) in [6, 6.07) is 0. The molecule has 7 nitrogen and oxygen atoms in total. The Bertz CT molecular complexity index is 443. The van der Waals surface area contributed by atoms with Crippen molar-refractivity contribution < 1.29 is 14.7 Å². The summed E-state index contributed by atoms with van der Waals surface area (Å²) in [4.78, 5) is 23.9. The average molecular weight is 238 g/mol. The normalized spacial score (nSPS) is 19.9. The zero-order valence-electron chi connectivity index (χ0n) is 9.54. The van der Waals surface area contributed by atoms with Crippen molar-refractivity contribution in [2.45, 2.75) is 19.9 Å². The van der Waals surface area contributed by atoms with Gasteiger partial charge in [-0.1, -0.05) is 12.1 Å². The predicted molar refractivity (Wildman–Crippen MR) is 57.3 cm³/mol. The molecule has 1 atom stereocenters. The van der Waals surface area contributed by atoms with Gasteiger partial charge in [-0.05, 0) is 5.92 Å². The van der Waals surface area contributed by atoms with Crippen molar-refractivity contribution >= 4 is 11.9 Å². The van der Waals surface area contributed by atoms with Crippen LogP contribution < -0.4 is 0 Å². The maximum atomic E-state index is 11.5. The zero-order chi connectivity index (χ0) is 12.4. The number of likely N-dealkylation sites (tertiary alicyclic amines) is 1. The van der Waals surface area contributed by atoms with Crippen molar-refractivity contribution in [2.24, 2.45) is 5.92 Å². The molecule has 1 fully saturated rings. The monoisotopic (exact) mass is 238 g/mol. The van der Waals surface area contributed by atoms with E-state index in [0.717, 1.165) is 6.54 Å². The number of hydrogen-bond donors (Lipinski definition) is 1. The van der Waals surface area contributed by atoms with E-state index in [-0.39, 0.29) is 11.6 Å². The van der Waals surface area contributed by atoms with Crippen molar-refractivity contribution in [3.05, 3.63) is 11.9 Å². The molecule has 1 saturated heterocycles. The number of hydrogen-bond acceptors (Lipinski definition) is 4. The Morgan fingerprint density at radius 2 is 2.35 bits per heavy atom. The zero-order valence-corrected chi connectivity index (χ0v) is 9.54. The van der Waals surface area contributed by atoms with Crippen LogP contribution in [0.25, 0.3) is 0 Å². The van der Waals surface area contributed by atoms with Crippen LogP contribution in [-0.4, -0.2) is 50.0 Å². The molecular weight excluding hydrogens is 224 g/mol. The number of aromatic nitrogens is 3. The molecule has 7 heteroatoms. The van der Waals surface area contributed by atoms with E-state index in [4.69, 9.17) is 5.11 Å². The number of amides is 1. The first kappa shape index (κ1) is 11.6. The fraction of sp³-hybridized carbons (Fsp3) is 0.600. The van der Waals surface area contributed by atoms with Crippen LogP contribution in [0, 0.1) is 5.92 Å². The summed E-state index contributed by atoms with van der Waals surface area (Å²) in [6.07, 6.45) is 1.96. The van der Waals surface area contributed by atoms with Crippen LogP contribution in [0.1, 0.15) is 23.8 Å². The van der Waals surface area contributed by atoms with Crippen molar-refractivity contribution in [1.82, 2.24) is 19.9 Å². The van der Waals surface area contributed by atoms with E-state index in [1.165, 1.54) is 10.9 Å². The number of nitrogens with zero attached hydrogens (tertiary/aromatic N) is 4. The Labute approximate surface area is 98.0 Å². The Morgan fingerprint density at radius 1 is 1.59 bits per heavy atom. The summed E-state index contributed by atoms with van der Waals surface area (Å²) in [5.41, 5.74) is -0.0777. The van der Waals surface area contributed by atoms with Gasteiger partial charge in [0.05, 0.1) is 12.7 Å². The summed E-state index contributed by atoms with van der Waals surface area (Å²) in [6.45, 7) is 3.82. The van der Waals surface area contributed by atoms with Gasteiger partial charge in [0.2, 0.25) is 5.91 Å². The van der Waals surface area contributed by atoms with E-state index < -0.39 is 5.97 Å². The van der Waals surface area contributed by atoms with Crippen LogP contribution in [-0.2, 0) is 11.3 Å². The highest BCUT2D eigenvalue weighted by Gasteiger charge is 2.25. The lowest BCUT2D eigenvalue weighted by atomic mass is 10.2. The molecule has 1 aromatic rings. The number of carboxylic acids is 1. The SMILES string of the molecule is CC1CC(=O)N(CCn2cc(C(=O)O)nn2)C1. The number of carboxylic acid groups (broad SMARTS) is 1. The van der Waals surface area contributed by atoms with E-state index >= 15 is 0 Å². The van der Waals surface area contributed by atoms with E-state index in [2.05, 4.69) is 10.3 Å². The third-order valence-electron chi connectivity index (χ3n) is 2.76. The highest BCUT2D eigenvalue weighted by Crippen LogP contribution is 2.16. The van der Waals surface area contributed by atoms with Gasteiger partial charge >= 0.3 is 5.97 Å². The highest BCUT2D eigenvalue weighted by molar-refractivity contribution is 5.84. The topological polar surface area (TPSA) is 88.3 Å². The molecule has 1 N–H and O–H groups in total. The van der Waals surface area contributed by atoms with Crippen LogP contribution in [0.2, 0.25) is 0 Å². The Balaban J connectivity index is 1.89. The molecule has 2 rings (SSSR count). The van der Waals surface area contributed by atoms with Gasteiger partial charge < -0.3 is 10.0 Å². The van der Waals surface area contributed by atoms with Crippen molar-refractivity contribution in [2.75, 3.05) is 13.1 Å². The molecule has 0 bridgehead atoms. The van der Waals surface area contributed by atoms with Gasteiger partial charge in [-0.15, -0.1) is 5.10 Å². The van der Waals surface area contributed by atoms with E-state index in [0.29, 0.717) is 25.4 Å². The number of carbonyl (C=O) groups excluding carboxylic acids is 1. The minimum Gasteiger partial charge on any atom is -0.476 e. The minimum absolute atomic E-state index is 0.0777. The van der Waals surface area contributed by atoms with Gasteiger partial charge in [0.15, 0.2) is 5.69 Å². The first-order valence-electron chi connectivity index (χ1n) is 5.47. The fourth-order valence-electron chi connectivity index (χ4n) is 1.91. The van der Waals surface area contributed by atoms with E-state index in [1.54, 1.807) is 4.90 Å². The summed E-state index contributed by atoms with van der Waals surface area (Å²) < 4.78 is 1.44. The van der Waals surface area contributed by atoms with Crippen molar-refractivity contribution in [1.29, 1.82) is 0 Å². The molecule has 0 aliphatic carbocycles. The quantitative estimate of drug-likeness (QED) is 0.787. The van der Waals surface area contributed by atoms with Gasteiger partial charge in [0.25, 0.3) is 0 Å². The third kappa shape index (κ3) is 2.61. The fourth-order valence-corrected chi connectivity index (χ4v) is 1.91. The second kappa shape index (κ2) is 4.52. The largest absolute Gasteiger partial charge is 0.476 e. The molecule has 1 aliphatic heterocycles. The van der Waals surface area contributed by atoms with Crippen LogP contribution >= 0.6 is 0 Å². The summed E-state index contributed by atoms with van der Waals surface area (Å²) in [7, 11) is 0. The van der Waals surface area contributed by atoms with E-state index in [1.807, 2.05) is 6.92 Å². The maximum absolute atomic E-state index is 11.5.